The van der Waals surface area contributed by atoms with Gasteiger partial charge in [0.15, 0.2) is 6.10 Å². The molecule has 0 amide bonds. The molecule has 0 rings (SSSR count). The van der Waals surface area contributed by atoms with Gasteiger partial charge in [-0.15, -0.1) is 0 Å². The Bertz CT molecular complexity index is 222. The van der Waals surface area contributed by atoms with Gasteiger partial charge in [0.25, 0.3) is 0 Å². The largest absolute Gasteiger partial charge is 0.454 e. The molecular weight excluding hydrogens is 254 g/mol. The molecule has 0 saturated carbocycles. The fourth-order valence-corrected chi connectivity index (χ4v) is 0.582. The van der Waals surface area contributed by atoms with Crippen LogP contribution in [-0.2, 0) is 0 Å². The lowest BCUT2D eigenvalue weighted by atomic mass is 10.3. The van der Waals surface area contributed by atoms with E-state index in [9.17, 15) is 35.1 Å². The van der Waals surface area contributed by atoms with E-state index in [0.29, 0.717) is 0 Å². The number of aliphatic hydroxyl groups is 1. The molecule has 0 bridgehead atoms. The maximum atomic E-state index is 12.1. The Morgan fingerprint density at radius 1 is 0.938 bits per heavy atom. The van der Waals surface area contributed by atoms with Gasteiger partial charge in [-0.3, -0.25) is 0 Å². The number of hydrogen-bond acceptors (Lipinski definition) is 2. The van der Waals surface area contributed by atoms with Gasteiger partial charge >= 0.3 is 18.3 Å². The van der Waals surface area contributed by atoms with Gasteiger partial charge in [-0.05, 0) is 0 Å². The highest BCUT2D eigenvalue weighted by Gasteiger charge is 2.57. The van der Waals surface area contributed by atoms with Gasteiger partial charge in [0.1, 0.15) is 0 Å². The number of hydrogen-bond donors (Lipinski definition) is 2. The lowest BCUT2D eigenvalue weighted by molar-refractivity contribution is -0.279. The molecule has 0 aliphatic heterocycles. The molecule has 0 heterocycles. The quantitative estimate of drug-likeness (QED) is 0.755. The van der Waals surface area contributed by atoms with Crippen LogP contribution in [-0.4, -0.2) is 42.6 Å². The van der Waals surface area contributed by atoms with Gasteiger partial charge in [-0.1, -0.05) is 0 Å². The average Bonchev–Trinajstić information content (AvgIpc) is 1.99. The van der Waals surface area contributed by atoms with Crippen molar-refractivity contribution in [1.29, 1.82) is 0 Å². The van der Waals surface area contributed by atoms with Gasteiger partial charge in [0.05, 0.1) is 6.54 Å². The number of nitrogens with one attached hydrogen (secondary N) is 1. The maximum absolute atomic E-state index is 12.1. The molecule has 0 spiro atoms. The van der Waals surface area contributed by atoms with Crippen molar-refractivity contribution in [3.8, 4) is 0 Å². The summed E-state index contributed by atoms with van der Waals surface area (Å²) in [6.45, 7) is -3.46. The Morgan fingerprint density at radius 2 is 1.38 bits per heavy atom. The lowest BCUT2D eigenvalue weighted by Gasteiger charge is -2.21. The Balaban J connectivity index is 4.10. The van der Waals surface area contributed by atoms with Crippen LogP contribution in [0, 0.1) is 0 Å². The van der Waals surface area contributed by atoms with E-state index in [0.717, 1.165) is 0 Å². The van der Waals surface area contributed by atoms with E-state index in [1.165, 1.54) is 5.32 Å². The zero-order valence-electron chi connectivity index (χ0n) is 7.46. The summed E-state index contributed by atoms with van der Waals surface area (Å²) in [5.74, 6) is -5.14. The molecule has 2 nitrogen and oxygen atoms in total. The highest BCUT2D eigenvalue weighted by molar-refractivity contribution is 4.79. The minimum atomic E-state index is -5.84. The first-order chi connectivity index (χ1) is 6.88. The minimum Gasteiger partial charge on any atom is -0.382 e. The zero-order chi connectivity index (χ0) is 13.2. The normalized spacial score (nSPS) is 16.3. The Hall–Kier alpha value is -0.640. The van der Waals surface area contributed by atoms with Crippen molar-refractivity contribution < 1.29 is 40.2 Å². The molecule has 0 aliphatic carbocycles. The molecule has 0 radical (unpaired) electrons. The fourth-order valence-electron chi connectivity index (χ4n) is 0.582. The predicted molar refractivity (Wildman–Crippen MR) is 35.9 cm³/mol. The first-order valence-electron chi connectivity index (χ1n) is 3.78. The topological polar surface area (TPSA) is 32.3 Å². The summed E-state index contributed by atoms with van der Waals surface area (Å²) in [7, 11) is 0. The molecule has 1 atom stereocenters. The van der Waals surface area contributed by atoms with E-state index >= 15 is 0 Å². The van der Waals surface area contributed by atoms with Crippen molar-refractivity contribution in [3.05, 3.63) is 0 Å². The van der Waals surface area contributed by atoms with Gasteiger partial charge in [-0.25, -0.2) is 0 Å². The molecule has 1 unspecified atom stereocenters. The second-order valence-corrected chi connectivity index (χ2v) is 2.89. The van der Waals surface area contributed by atoms with Crippen molar-refractivity contribution >= 4 is 0 Å². The molecule has 10 heteroatoms. The smallest absolute Gasteiger partial charge is 0.382 e. The summed E-state index contributed by atoms with van der Waals surface area (Å²) >= 11 is 0. The van der Waals surface area contributed by atoms with Crippen molar-refractivity contribution in [1.82, 2.24) is 5.32 Å². The fraction of sp³-hybridized carbons (Fsp3) is 1.00. The average molecular weight is 261 g/mol. The van der Waals surface area contributed by atoms with E-state index in [1.54, 1.807) is 0 Å². The first kappa shape index (κ1) is 15.4. The Morgan fingerprint density at radius 3 is 1.69 bits per heavy atom. The SMILES string of the molecule is OC(CNCC(F)(F)C(F)(F)F)C(F)(F)F. The maximum Gasteiger partial charge on any atom is 0.454 e. The number of rotatable bonds is 4. The summed E-state index contributed by atoms with van der Waals surface area (Å²) in [6.07, 6.45) is -13.9. The van der Waals surface area contributed by atoms with Crippen molar-refractivity contribution in [3.63, 3.8) is 0 Å². The molecule has 0 aromatic carbocycles. The van der Waals surface area contributed by atoms with Crippen molar-refractivity contribution in [2.24, 2.45) is 0 Å². The van der Waals surface area contributed by atoms with Crippen LogP contribution in [0.15, 0.2) is 0 Å². The third kappa shape index (κ3) is 4.47. The third-order valence-electron chi connectivity index (χ3n) is 1.48. The summed E-state index contributed by atoms with van der Waals surface area (Å²) in [6, 6.07) is 0. The predicted octanol–water partition coefficient (Wildman–Crippen LogP) is 1.70. The second kappa shape index (κ2) is 4.70. The van der Waals surface area contributed by atoms with Gasteiger partial charge < -0.3 is 10.4 Å². The number of aliphatic hydroxyl groups excluding tert-OH is 1. The molecule has 0 aromatic rings. The third-order valence-corrected chi connectivity index (χ3v) is 1.48. The number of alkyl halides is 8. The van der Waals surface area contributed by atoms with E-state index in [2.05, 4.69) is 0 Å². The molecule has 98 valence electrons. The molecule has 16 heavy (non-hydrogen) atoms. The standard InChI is InChI=1S/C6H7F8NO/c7-4(8,6(12,13)14)2-15-1-3(16)5(9,10)11/h3,15-16H,1-2H2. The van der Waals surface area contributed by atoms with E-state index in [-0.39, 0.29) is 0 Å². The molecule has 0 fully saturated rings. The van der Waals surface area contributed by atoms with Gasteiger partial charge in [-0.2, -0.15) is 35.1 Å². The molecule has 0 aliphatic rings. The first-order valence-corrected chi connectivity index (χ1v) is 3.78. The Labute approximate surface area is 84.2 Å². The van der Waals surface area contributed by atoms with Gasteiger partial charge in [0.2, 0.25) is 0 Å². The van der Waals surface area contributed by atoms with Crippen molar-refractivity contribution in [2.75, 3.05) is 13.1 Å². The van der Waals surface area contributed by atoms with Crippen LogP contribution in [0.5, 0.6) is 0 Å². The minimum absolute atomic E-state index is 1.20. The van der Waals surface area contributed by atoms with Crippen LogP contribution in [0.25, 0.3) is 0 Å². The van der Waals surface area contributed by atoms with Crippen molar-refractivity contribution in [2.45, 2.75) is 24.4 Å². The molecule has 2 N–H and O–H groups in total. The molecule has 0 aromatic heterocycles. The highest BCUT2D eigenvalue weighted by atomic mass is 19.4. The number of halogens is 8. The van der Waals surface area contributed by atoms with E-state index in [1.807, 2.05) is 0 Å². The second-order valence-electron chi connectivity index (χ2n) is 2.89. The van der Waals surface area contributed by atoms with Crippen LogP contribution in [0.2, 0.25) is 0 Å². The lowest BCUT2D eigenvalue weighted by Crippen LogP contribution is -2.48. The Kier molecular flexibility index (Phi) is 4.51. The van der Waals surface area contributed by atoms with Crippen LogP contribution in [0.3, 0.4) is 0 Å². The summed E-state index contributed by atoms with van der Waals surface area (Å²) < 4.78 is 93.6. The van der Waals surface area contributed by atoms with Gasteiger partial charge in [0, 0.05) is 6.54 Å². The summed E-state index contributed by atoms with van der Waals surface area (Å²) in [5, 5.41) is 9.47. The summed E-state index contributed by atoms with van der Waals surface area (Å²) in [5.41, 5.74) is 0. The monoisotopic (exact) mass is 261 g/mol. The molecular formula is C6H7F8NO. The summed E-state index contributed by atoms with van der Waals surface area (Å²) in [4.78, 5) is 0. The zero-order valence-corrected chi connectivity index (χ0v) is 7.46. The highest BCUT2D eigenvalue weighted by Crippen LogP contribution is 2.34. The van der Waals surface area contributed by atoms with E-state index < -0.39 is 37.5 Å². The van der Waals surface area contributed by atoms with Crippen LogP contribution in [0.1, 0.15) is 0 Å². The molecule has 0 saturated heterocycles. The van der Waals surface area contributed by atoms with Crippen LogP contribution in [0.4, 0.5) is 35.1 Å². The van der Waals surface area contributed by atoms with Crippen LogP contribution >= 0.6 is 0 Å². The van der Waals surface area contributed by atoms with E-state index in [4.69, 9.17) is 5.11 Å². The van der Waals surface area contributed by atoms with Crippen LogP contribution < -0.4 is 5.32 Å².